The second-order valence-corrected chi connectivity index (χ2v) is 6.88. The Morgan fingerprint density at radius 3 is 2.74 bits per heavy atom. The van der Waals surface area contributed by atoms with E-state index in [9.17, 15) is 4.79 Å². The predicted molar refractivity (Wildman–Crippen MR) is 108 cm³/mol. The van der Waals surface area contributed by atoms with Crippen molar-refractivity contribution >= 4 is 17.5 Å². The van der Waals surface area contributed by atoms with Crippen LogP contribution >= 0.6 is 11.6 Å². The highest BCUT2D eigenvalue weighted by molar-refractivity contribution is 6.30. The summed E-state index contributed by atoms with van der Waals surface area (Å²) in [6.07, 6.45) is 5.33. The van der Waals surface area contributed by atoms with Crippen molar-refractivity contribution in [2.75, 3.05) is 6.54 Å². The van der Waals surface area contributed by atoms with E-state index in [1.807, 2.05) is 65.4 Å². The molecule has 0 fully saturated rings. The van der Waals surface area contributed by atoms with Crippen LogP contribution in [0.25, 0.3) is 5.69 Å². The van der Waals surface area contributed by atoms with Gasteiger partial charge in [0.15, 0.2) is 0 Å². The number of nitrogens with one attached hydrogen (secondary N) is 1. The monoisotopic (exact) mass is 382 g/mol. The van der Waals surface area contributed by atoms with E-state index >= 15 is 0 Å². The number of aryl methyl sites for hydroxylation is 1. The fourth-order valence-electron chi connectivity index (χ4n) is 2.90. The van der Waals surface area contributed by atoms with Crippen molar-refractivity contribution in [3.05, 3.63) is 83.4 Å². The molecule has 6 heteroatoms. The van der Waals surface area contributed by atoms with E-state index in [0.717, 1.165) is 23.4 Å². The SMILES string of the molecule is NCC(Cc1ccccc1)NC(=O)CCc1cn(-c2cccc(Cl)c2)cn1. The summed E-state index contributed by atoms with van der Waals surface area (Å²) in [6, 6.07) is 17.5. The molecule has 3 N–H and O–H groups in total. The highest BCUT2D eigenvalue weighted by Crippen LogP contribution is 2.15. The van der Waals surface area contributed by atoms with Crippen LogP contribution in [0.3, 0.4) is 0 Å². The van der Waals surface area contributed by atoms with Crippen molar-refractivity contribution in [3.63, 3.8) is 0 Å². The number of aromatic nitrogens is 2. The molecule has 140 valence electrons. The normalized spacial score (nSPS) is 11.9. The number of hydrogen-bond acceptors (Lipinski definition) is 3. The van der Waals surface area contributed by atoms with E-state index in [0.29, 0.717) is 24.4 Å². The Kier molecular flexibility index (Phi) is 6.63. The Bertz CT molecular complexity index is 879. The molecule has 1 amide bonds. The number of halogens is 1. The van der Waals surface area contributed by atoms with E-state index in [1.54, 1.807) is 6.33 Å². The van der Waals surface area contributed by atoms with Crippen LogP contribution in [0.4, 0.5) is 0 Å². The second kappa shape index (κ2) is 9.35. The van der Waals surface area contributed by atoms with Crippen LogP contribution in [-0.2, 0) is 17.6 Å². The number of amides is 1. The van der Waals surface area contributed by atoms with Crippen LogP contribution in [0.15, 0.2) is 67.1 Å². The van der Waals surface area contributed by atoms with Gasteiger partial charge in [-0.1, -0.05) is 48.0 Å². The maximum atomic E-state index is 12.3. The zero-order chi connectivity index (χ0) is 19.1. The van der Waals surface area contributed by atoms with Gasteiger partial charge in [-0.15, -0.1) is 0 Å². The van der Waals surface area contributed by atoms with Gasteiger partial charge in [-0.25, -0.2) is 4.98 Å². The summed E-state index contributed by atoms with van der Waals surface area (Å²) < 4.78 is 1.90. The molecule has 2 aromatic carbocycles. The molecule has 27 heavy (non-hydrogen) atoms. The van der Waals surface area contributed by atoms with Gasteiger partial charge in [-0.3, -0.25) is 4.79 Å². The van der Waals surface area contributed by atoms with E-state index < -0.39 is 0 Å². The molecule has 0 aliphatic heterocycles. The van der Waals surface area contributed by atoms with Crippen molar-refractivity contribution in [3.8, 4) is 5.69 Å². The van der Waals surface area contributed by atoms with Crippen LogP contribution in [0.5, 0.6) is 0 Å². The minimum atomic E-state index is -0.0658. The van der Waals surface area contributed by atoms with E-state index in [4.69, 9.17) is 17.3 Å². The molecular formula is C21H23ClN4O. The summed E-state index contributed by atoms with van der Waals surface area (Å²) in [4.78, 5) is 16.7. The van der Waals surface area contributed by atoms with E-state index in [-0.39, 0.29) is 11.9 Å². The topological polar surface area (TPSA) is 72.9 Å². The van der Waals surface area contributed by atoms with Crippen LogP contribution in [-0.4, -0.2) is 28.0 Å². The third-order valence-electron chi connectivity index (χ3n) is 4.33. The van der Waals surface area contributed by atoms with Gasteiger partial charge in [-0.2, -0.15) is 0 Å². The molecular weight excluding hydrogens is 360 g/mol. The molecule has 0 radical (unpaired) electrons. The minimum absolute atomic E-state index is 0.0151. The Morgan fingerprint density at radius 1 is 1.19 bits per heavy atom. The average Bonchev–Trinajstić information content (AvgIpc) is 3.16. The van der Waals surface area contributed by atoms with Crippen LogP contribution in [0.2, 0.25) is 5.02 Å². The Hall–Kier alpha value is -2.63. The maximum absolute atomic E-state index is 12.3. The number of imidazole rings is 1. The lowest BCUT2D eigenvalue weighted by molar-refractivity contribution is -0.121. The van der Waals surface area contributed by atoms with Gasteiger partial charge in [-0.05, 0) is 36.6 Å². The molecule has 5 nitrogen and oxygen atoms in total. The lowest BCUT2D eigenvalue weighted by Gasteiger charge is -2.16. The quantitative estimate of drug-likeness (QED) is 0.628. The molecule has 1 aromatic heterocycles. The van der Waals surface area contributed by atoms with Gasteiger partial charge in [0.2, 0.25) is 5.91 Å². The minimum Gasteiger partial charge on any atom is -0.352 e. The molecule has 0 saturated heterocycles. The summed E-state index contributed by atoms with van der Waals surface area (Å²) in [7, 11) is 0. The maximum Gasteiger partial charge on any atom is 0.220 e. The van der Waals surface area contributed by atoms with Crippen molar-refractivity contribution in [1.82, 2.24) is 14.9 Å². The van der Waals surface area contributed by atoms with Crippen molar-refractivity contribution in [1.29, 1.82) is 0 Å². The summed E-state index contributed by atoms with van der Waals surface area (Å²) in [5.41, 5.74) is 8.78. The van der Waals surface area contributed by atoms with E-state index in [2.05, 4.69) is 10.3 Å². The number of carbonyl (C=O) groups excluding carboxylic acids is 1. The van der Waals surface area contributed by atoms with Gasteiger partial charge in [0.25, 0.3) is 0 Å². The number of rotatable bonds is 8. The van der Waals surface area contributed by atoms with Gasteiger partial charge >= 0.3 is 0 Å². The first-order valence-corrected chi connectivity index (χ1v) is 9.34. The zero-order valence-electron chi connectivity index (χ0n) is 15.0. The lowest BCUT2D eigenvalue weighted by atomic mass is 10.1. The third-order valence-corrected chi connectivity index (χ3v) is 4.56. The van der Waals surface area contributed by atoms with Crippen molar-refractivity contribution in [2.45, 2.75) is 25.3 Å². The highest BCUT2D eigenvalue weighted by Gasteiger charge is 2.12. The summed E-state index contributed by atoms with van der Waals surface area (Å²) in [5.74, 6) is -0.0151. The van der Waals surface area contributed by atoms with Gasteiger partial charge in [0, 0.05) is 35.9 Å². The summed E-state index contributed by atoms with van der Waals surface area (Å²) >= 11 is 6.03. The zero-order valence-corrected chi connectivity index (χ0v) is 15.8. The van der Waals surface area contributed by atoms with Crippen LogP contribution < -0.4 is 11.1 Å². The molecule has 0 saturated carbocycles. The smallest absolute Gasteiger partial charge is 0.220 e. The molecule has 0 spiro atoms. The van der Waals surface area contributed by atoms with Crippen LogP contribution in [0.1, 0.15) is 17.7 Å². The number of carbonyl (C=O) groups is 1. The lowest BCUT2D eigenvalue weighted by Crippen LogP contribution is -2.41. The Labute approximate surface area is 164 Å². The fourth-order valence-corrected chi connectivity index (χ4v) is 3.09. The largest absolute Gasteiger partial charge is 0.352 e. The van der Waals surface area contributed by atoms with Gasteiger partial charge in [0.05, 0.1) is 12.0 Å². The molecule has 1 unspecified atom stereocenters. The predicted octanol–water partition coefficient (Wildman–Crippen LogP) is 3.14. The first-order valence-electron chi connectivity index (χ1n) is 8.96. The van der Waals surface area contributed by atoms with Gasteiger partial charge < -0.3 is 15.6 Å². The van der Waals surface area contributed by atoms with E-state index in [1.165, 1.54) is 0 Å². The molecule has 3 rings (SSSR count). The molecule has 0 bridgehead atoms. The van der Waals surface area contributed by atoms with Gasteiger partial charge in [0.1, 0.15) is 0 Å². The van der Waals surface area contributed by atoms with Crippen LogP contribution in [0, 0.1) is 0 Å². The first kappa shape index (κ1) is 19.1. The molecule has 1 heterocycles. The fraction of sp³-hybridized carbons (Fsp3) is 0.238. The summed E-state index contributed by atoms with van der Waals surface area (Å²) in [6.45, 7) is 0.407. The first-order chi connectivity index (χ1) is 13.1. The average molecular weight is 383 g/mol. The molecule has 3 aromatic rings. The number of hydrogen-bond donors (Lipinski definition) is 2. The van der Waals surface area contributed by atoms with Crippen molar-refractivity contribution < 1.29 is 4.79 Å². The number of nitrogens with zero attached hydrogens (tertiary/aromatic N) is 2. The summed E-state index contributed by atoms with van der Waals surface area (Å²) in [5, 5.41) is 3.69. The van der Waals surface area contributed by atoms with Crippen molar-refractivity contribution in [2.24, 2.45) is 5.73 Å². The Balaban J connectivity index is 1.51. The number of nitrogens with two attached hydrogens (primary N) is 1. The third kappa shape index (κ3) is 5.67. The molecule has 0 aliphatic carbocycles. The standard InChI is InChI=1S/C21H23ClN4O/c22-17-7-4-8-20(12-17)26-14-18(24-15-26)9-10-21(27)25-19(13-23)11-16-5-2-1-3-6-16/h1-8,12,14-15,19H,9-11,13,23H2,(H,25,27). The Morgan fingerprint density at radius 2 is 2.00 bits per heavy atom. The molecule has 1 atom stereocenters. The number of benzene rings is 2. The second-order valence-electron chi connectivity index (χ2n) is 6.44. The highest BCUT2D eigenvalue weighted by atomic mass is 35.5. The molecule has 0 aliphatic rings.